The van der Waals surface area contributed by atoms with Gasteiger partial charge in [-0.25, -0.2) is 4.79 Å². The number of carboxylic acid groups (broad SMARTS) is 1. The Balaban J connectivity index is 1.92. The summed E-state index contributed by atoms with van der Waals surface area (Å²) in [5.41, 5.74) is 0. The Morgan fingerprint density at radius 2 is 2.00 bits per heavy atom. The van der Waals surface area contributed by atoms with Gasteiger partial charge in [0, 0.05) is 26.2 Å². The molecule has 0 bridgehead atoms. The van der Waals surface area contributed by atoms with Crippen LogP contribution in [0.5, 0.6) is 0 Å². The lowest BCUT2D eigenvalue weighted by molar-refractivity contribution is -0.142. The zero-order chi connectivity index (χ0) is 14.0. The monoisotopic (exact) mass is 268 g/mol. The topological polar surface area (TPSA) is 60.9 Å². The summed E-state index contributed by atoms with van der Waals surface area (Å²) in [6.45, 7) is 6.36. The van der Waals surface area contributed by atoms with Crippen LogP contribution >= 0.6 is 0 Å². The Morgan fingerprint density at radius 3 is 2.42 bits per heavy atom. The van der Waals surface area contributed by atoms with Gasteiger partial charge in [-0.1, -0.05) is 13.3 Å². The lowest BCUT2D eigenvalue weighted by atomic mass is 9.85. The number of hydrogen-bond acceptors (Lipinski definition) is 2. The first-order valence-electron chi connectivity index (χ1n) is 7.29. The van der Waals surface area contributed by atoms with Crippen LogP contribution in [0.4, 0.5) is 4.79 Å². The maximum absolute atomic E-state index is 12.4. The van der Waals surface area contributed by atoms with E-state index in [1.165, 1.54) is 19.3 Å². The van der Waals surface area contributed by atoms with Crippen molar-refractivity contribution in [1.82, 2.24) is 9.80 Å². The van der Waals surface area contributed by atoms with Gasteiger partial charge in [0.25, 0.3) is 0 Å². The van der Waals surface area contributed by atoms with Gasteiger partial charge in [0.05, 0.1) is 5.92 Å². The molecular formula is C14H24N2O3. The van der Waals surface area contributed by atoms with Crippen molar-refractivity contribution in [3.8, 4) is 0 Å². The van der Waals surface area contributed by atoms with Crippen molar-refractivity contribution in [1.29, 1.82) is 0 Å². The molecule has 0 aromatic rings. The number of carbonyl (C=O) groups excluding carboxylic acids is 1. The molecule has 1 aliphatic carbocycles. The van der Waals surface area contributed by atoms with Crippen molar-refractivity contribution in [3.05, 3.63) is 0 Å². The third-order valence-electron chi connectivity index (χ3n) is 4.56. The van der Waals surface area contributed by atoms with Gasteiger partial charge in [0.2, 0.25) is 0 Å². The molecule has 0 aromatic heterocycles. The summed E-state index contributed by atoms with van der Waals surface area (Å²) < 4.78 is 0. The molecule has 2 rings (SSSR count). The molecule has 0 unspecified atom stereocenters. The van der Waals surface area contributed by atoms with Gasteiger partial charge in [-0.15, -0.1) is 0 Å². The molecule has 0 radical (unpaired) electrons. The largest absolute Gasteiger partial charge is 0.481 e. The summed E-state index contributed by atoms with van der Waals surface area (Å²) in [5.74, 6) is -0.501. The maximum atomic E-state index is 12.4. The van der Waals surface area contributed by atoms with Gasteiger partial charge in [-0.05, 0) is 31.6 Å². The maximum Gasteiger partial charge on any atom is 0.320 e. The van der Waals surface area contributed by atoms with Crippen LogP contribution in [0.3, 0.4) is 0 Å². The van der Waals surface area contributed by atoms with Crippen molar-refractivity contribution < 1.29 is 14.7 Å². The van der Waals surface area contributed by atoms with Gasteiger partial charge in [0.15, 0.2) is 0 Å². The third-order valence-corrected chi connectivity index (χ3v) is 4.56. The fourth-order valence-corrected chi connectivity index (χ4v) is 2.97. The number of likely N-dealkylation sites (tertiary alicyclic amines) is 1. The Labute approximate surface area is 114 Å². The average Bonchev–Trinajstić information content (AvgIpc) is 2.69. The highest BCUT2D eigenvalue weighted by Crippen LogP contribution is 2.28. The highest BCUT2D eigenvalue weighted by Gasteiger charge is 2.38. The van der Waals surface area contributed by atoms with E-state index in [0.717, 1.165) is 6.54 Å². The number of carboxylic acids is 1. The molecule has 108 valence electrons. The summed E-state index contributed by atoms with van der Waals surface area (Å²) in [7, 11) is 0. The predicted molar refractivity (Wildman–Crippen MR) is 71.8 cm³/mol. The molecule has 2 atom stereocenters. The SMILES string of the molecule is CCN(CC1CCC1)C(=O)N1C[C@@H](C)[C@H](C(=O)O)C1. The zero-order valence-corrected chi connectivity index (χ0v) is 11.8. The third kappa shape index (κ3) is 3.01. The van der Waals surface area contributed by atoms with Crippen molar-refractivity contribution in [2.75, 3.05) is 26.2 Å². The first kappa shape index (κ1) is 14.2. The normalized spacial score (nSPS) is 27.2. The van der Waals surface area contributed by atoms with E-state index in [2.05, 4.69) is 0 Å². The van der Waals surface area contributed by atoms with Gasteiger partial charge < -0.3 is 14.9 Å². The Bertz CT molecular complexity index is 355. The van der Waals surface area contributed by atoms with Gasteiger partial charge >= 0.3 is 12.0 Å². The van der Waals surface area contributed by atoms with Crippen molar-refractivity contribution in [2.24, 2.45) is 17.8 Å². The molecule has 0 aromatic carbocycles. The summed E-state index contributed by atoms with van der Waals surface area (Å²) >= 11 is 0. The summed E-state index contributed by atoms with van der Waals surface area (Å²) in [4.78, 5) is 27.1. The minimum atomic E-state index is -0.787. The van der Waals surface area contributed by atoms with E-state index >= 15 is 0 Å². The van der Waals surface area contributed by atoms with E-state index in [0.29, 0.717) is 25.6 Å². The second-order valence-electron chi connectivity index (χ2n) is 5.95. The Hall–Kier alpha value is -1.26. The van der Waals surface area contributed by atoms with Crippen LogP contribution in [0.25, 0.3) is 0 Å². The predicted octanol–water partition coefficient (Wildman–Crippen LogP) is 1.88. The van der Waals surface area contributed by atoms with Crippen molar-refractivity contribution >= 4 is 12.0 Å². The molecule has 0 spiro atoms. The first-order chi connectivity index (χ1) is 9.02. The van der Waals surface area contributed by atoms with E-state index in [1.807, 2.05) is 18.7 Å². The number of aliphatic carboxylic acids is 1. The minimum absolute atomic E-state index is 0.0185. The molecular weight excluding hydrogens is 244 g/mol. The number of urea groups is 1. The minimum Gasteiger partial charge on any atom is -0.481 e. The molecule has 2 aliphatic rings. The standard InChI is InChI=1S/C14H24N2O3/c1-3-15(8-11-5-4-6-11)14(19)16-7-10(2)12(9-16)13(17)18/h10-12H,3-9H2,1-2H3,(H,17,18)/t10-,12-/m1/s1. The average molecular weight is 268 g/mol. The molecule has 1 aliphatic heterocycles. The molecule has 1 N–H and O–H groups in total. The molecule has 1 heterocycles. The van der Waals surface area contributed by atoms with E-state index in [4.69, 9.17) is 5.11 Å². The van der Waals surface area contributed by atoms with Crippen LogP contribution in [0.15, 0.2) is 0 Å². The highest BCUT2D eigenvalue weighted by molar-refractivity contribution is 5.77. The molecule has 2 fully saturated rings. The van der Waals surface area contributed by atoms with E-state index < -0.39 is 11.9 Å². The zero-order valence-electron chi connectivity index (χ0n) is 11.8. The molecule has 1 saturated heterocycles. The van der Waals surface area contributed by atoms with E-state index in [1.54, 1.807) is 4.90 Å². The lowest BCUT2D eigenvalue weighted by Crippen LogP contribution is -2.45. The van der Waals surface area contributed by atoms with Gasteiger partial charge in [-0.3, -0.25) is 4.79 Å². The molecule has 2 amide bonds. The van der Waals surface area contributed by atoms with E-state index in [9.17, 15) is 9.59 Å². The van der Waals surface area contributed by atoms with Crippen LogP contribution in [0, 0.1) is 17.8 Å². The second kappa shape index (κ2) is 5.80. The molecule has 5 heteroatoms. The summed E-state index contributed by atoms with van der Waals surface area (Å²) in [5, 5.41) is 9.12. The smallest absolute Gasteiger partial charge is 0.320 e. The highest BCUT2D eigenvalue weighted by atomic mass is 16.4. The molecule has 1 saturated carbocycles. The van der Waals surface area contributed by atoms with Gasteiger partial charge in [-0.2, -0.15) is 0 Å². The van der Waals surface area contributed by atoms with Crippen LogP contribution < -0.4 is 0 Å². The van der Waals surface area contributed by atoms with Crippen LogP contribution in [0.1, 0.15) is 33.1 Å². The summed E-state index contributed by atoms with van der Waals surface area (Å²) in [6.07, 6.45) is 3.72. The van der Waals surface area contributed by atoms with Crippen molar-refractivity contribution in [3.63, 3.8) is 0 Å². The van der Waals surface area contributed by atoms with Crippen LogP contribution in [-0.4, -0.2) is 53.1 Å². The number of hydrogen-bond donors (Lipinski definition) is 1. The first-order valence-corrected chi connectivity index (χ1v) is 7.29. The fraction of sp³-hybridized carbons (Fsp3) is 0.857. The van der Waals surface area contributed by atoms with Gasteiger partial charge in [0.1, 0.15) is 0 Å². The molecule has 19 heavy (non-hydrogen) atoms. The van der Waals surface area contributed by atoms with E-state index in [-0.39, 0.29) is 11.9 Å². The Morgan fingerprint density at radius 1 is 1.32 bits per heavy atom. The quantitative estimate of drug-likeness (QED) is 0.847. The van der Waals surface area contributed by atoms with Crippen LogP contribution in [0.2, 0.25) is 0 Å². The lowest BCUT2D eigenvalue weighted by Gasteiger charge is -2.34. The number of nitrogens with zero attached hydrogens (tertiary/aromatic N) is 2. The number of rotatable bonds is 4. The van der Waals surface area contributed by atoms with Crippen LogP contribution in [-0.2, 0) is 4.79 Å². The second-order valence-corrected chi connectivity index (χ2v) is 5.95. The fourth-order valence-electron chi connectivity index (χ4n) is 2.97. The molecule has 5 nitrogen and oxygen atoms in total. The van der Waals surface area contributed by atoms with Crippen molar-refractivity contribution in [2.45, 2.75) is 33.1 Å². The summed E-state index contributed by atoms with van der Waals surface area (Å²) in [6, 6.07) is 0.0185. The Kier molecular flexibility index (Phi) is 4.32. The number of amides is 2. The number of carbonyl (C=O) groups is 2.